The fourth-order valence-corrected chi connectivity index (χ4v) is 15.0. The third-order valence-electron chi connectivity index (χ3n) is 19.8. The van der Waals surface area contributed by atoms with Crippen LogP contribution in [-0.2, 0) is 32.5 Å². The molecular formula is C71H81BN2. The Hall–Kier alpha value is -5.80. The second-order valence-corrected chi connectivity index (χ2v) is 28.4. The average Bonchev–Trinajstić information content (AvgIpc) is 3.63. The molecule has 0 spiro atoms. The summed E-state index contributed by atoms with van der Waals surface area (Å²) in [7, 11) is 0. The van der Waals surface area contributed by atoms with Gasteiger partial charge in [0.05, 0.1) is 5.69 Å². The highest BCUT2D eigenvalue weighted by molar-refractivity contribution is 7.00. The average molecular weight is 973 g/mol. The van der Waals surface area contributed by atoms with E-state index in [4.69, 9.17) is 0 Å². The maximum absolute atomic E-state index is 2.78. The van der Waals surface area contributed by atoms with Gasteiger partial charge in [-0.05, 0) is 179 Å². The van der Waals surface area contributed by atoms with Crippen molar-refractivity contribution in [2.24, 2.45) is 5.41 Å². The molecule has 2 heterocycles. The fraction of sp³-hybridized carbons (Fsp3) is 0.408. The third-order valence-corrected chi connectivity index (χ3v) is 19.8. The van der Waals surface area contributed by atoms with Crippen LogP contribution in [0.4, 0.5) is 34.1 Å². The van der Waals surface area contributed by atoms with Gasteiger partial charge in [0.2, 0.25) is 0 Å². The molecule has 7 aromatic carbocycles. The molecule has 5 aliphatic rings. The fourth-order valence-electron chi connectivity index (χ4n) is 15.0. The Morgan fingerprint density at radius 3 is 1.64 bits per heavy atom. The summed E-state index contributed by atoms with van der Waals surface area (Å²) in [6.45, 7) is 36.6. The van der Waals surface area contributed by atoms with Crippen LogP contribution >= 0.6 is 0 Å². The predicted octanol–water partition coefficient (Wildman–Crippen LogP) is 17.7. The summed E-state index contributed by atoms with van der Waals surface area (Å²) in [5.74, 6) is 0.224. The second kappa shape index (κ2) is 16.4. The highest BCUT2D eigenvalue weighted by atomic mass is 15.2. The molecule has 0 amide bonds. The lowest BCUT2D eigenvalue weighted by atomic mass is 9.32. The van der Waals surface area contributed by atoms with Crippen molar-refractivity contribution in [2.75, 3.05) is 9.80 Å². The van der Waals surface area contributed by atoms with Crippen molar-refractivity contribution in [1.29, 1.82) is 0 Å². The zero-order valence-corrected chi connectivity index (χ0v) is 47.6. The van der Waals surface area contributed by atoms with Crippen LogP contribution in [0, 0.1) is 5.41 Å². The molecule has 0 saturated heterocycles. The van der Waals surface area contributed by atoms with E-state index >= 15 is 0 Å². The molecule has 74 heavy (non-hydrogen) atoms. The van der Waals surface area contributed by atoms with Gasteiger partial charge >= 0.3 is 0 Å². The standard InChI is InChI=1S/C71H81BN2/c1-65(2,3)47-27-31-50(32-28-47)73-59-34-30-49(67(7,8)9)42-56(59)72-57-43-54-55(69(12,13)38-37-68(54,10)11)44-60(57)74(58-33-29-48(66(4,5)6)41-52(58)45-23-17-16-18-24-45)62-40-46(39-61(73)64(62)72)63-51-25-19-20-26-53(51)70(14)35-21-22-36-71(63,70)15/h16-20,23-34,39-44,63H,21-22,35-38H2,1-15H3. The smallest absolute Gasteiger partial charge is 0.252 e. The molecule has 3 unspecified atom stereocenters. The summed E-state index contributed by atoms with van der Waals surface area (Å²) in [5, 5.41) is 0. The first-order valence-electron chi connectivity index (χ1n) is 28.3. The molecule has 0 bridgehead atoms. The molecule has 1 saturated carbocycles. The SMILES string of the molecule is CC(C)(C)c1ccc(N2c3ccc(C(C)(C)C)cc3B3c4cc5c(cc4N(c4ccc(C(C)(C)C)cc4-c4ccccc4)c4cc(C6c7ccccc7C7(C)CCCCC67C)cc2c43)C(C)(C)CCC5(C)C)cc1. The number of fused-ring (bicyclic) bond motifs is 8. The largest absolute Gasteiger partial charge is 0.311 e. The van der Waals surface area contributed by atoms with E-state index in [1.807, 2.05) is 0 Å². The van der Waals surface area contributed by atoms with E-state index in [2.05, 4.69) is 253 Å². The molecule has 7 aromatic rings. The Balaban J connectivity index is 1.26. The first-order valence-corrected chi connectivity index (χ1v) is 28.3. The Morgan fingerprint density at radius 2 is 0.986 bits per heavy atom. The van der Waals surface area contributed by atoms with Gasteiger partial charge in [-0.1, -0.05) is 208 Å². The lowest BCUT2D eigenvalue weighted by Crippen LogP contribution is -2.62. The maximum Gasteiger partial charge on any atom is 0.252 e. The maximum atomic E-state index is 2.78. The molecule has 1 fully saturated rings. The minimum absolute atomic E-state index is 0.00857. The van der Waals surface area contributed by atoms with Crippen molar-refractivity contribution in [2.45, 2.75) is 181 Å². The van der Waals surface area contributed by atoms with Gasteiger partial charge in [-0.3, -0.25) is 0 Å². The number of benzene rings is 7. The molecule has 12 rings (SSSR count). The van der Waals surface area contributed by atoms with Crippen molar-refractivity contribution in [3.05, 3.63) is 184 Å². The summed E-state index contributed by atoms with van der Waals surface area (Å²) in [4.78, 5) is 5.47. The molecule has 2 nitrogen and oxygen atoms in total. The van der Waals surface area contributed by atoms with Gasteiger partial charge in [-0.2, -0.15) is 0 Å². The molecule has 3 atom stereocenters. The minimum atomic E-state index is -0.0378. The van der Waals surface area contributed by atoms with Gasteiger partial charge in [0.1, 0.15) is 0 Å². The van der Waals surface area contributed by atoms with Crippen LogP contribution in [0.1, 0.15) is 193 Å². The number of nitrogens with zero attached hydrogens (tertiary/aromatic N) is 2. The van der Waals surface area contributed by atoms with Crippen molar-refractivity contribution >= 4 is 57.2 Å². The minimum Gasteiger partial charge on any atom is -0.311 e. The van der Waals surface area contributed by atoms with E-state index in [0.717, 1.165) is 6.42 Å². The Kier molecular flexibility index (Phi) is 10.9. The van der Waals surface area contributed by atoms with Gasteiger partial charge in [0.25, 0.3) is 6.71 Å². The molecule has 3 heteroatoms. The van der Waals surface area contributed by atoms with Crippen LogP contribution in [0.5, 0.6) is 0 Å². The van der Waals surface area contributed by atoms with Gasteiger partial charge in [-0.25, -0.2) is 0 Å². The zero-order valence-electron chi connectivity index (χ0n) is 47.6. The van der Waals surface area contributed by atoms with E-state index in [0.29, 0.717) is 0 Å². The molecular weight excluding hydrogens is 892 g/mol. The van der Waals surface area contributed by atoms with Gasteiger partial charge in [0, 0.05) is 39.9 Å². The van der Waals surface area contributed by atoms with Crippen LogP contribution in [0.15, 0.2) is 140 Å². The summed E-state index contributed by atoms with van der Waals surface area (Å²) < 4.78 is 0. The lowest BCUT2D eigenvalue weighted by Gasteiger charge is -2.50. The van der Waals surface area contributed by atoms with Gasteiger partial charge in [0.15, 0.2) is 0 Å². The zero-order chi connectivity index (χ0) is 52.3. The summed E-state index contributed by atoms with van der Waals surface area (Å²) >= 11 is 0. The van der Waals surface area contributed by atoms with Gasteiger partial charge in [-0.15, -0.1) is 0 Å². The van der Waals surface area contributed by atoms with Gasteiger partial charge < -0.3 is 9.80 Å². The Labute approximate surface area is 446 Å². The van der Waals surface area contributed by atoms with E-state index in [9.17, 15) is 0 Å². The molecule has 378 valence electrons. The van der Waals surface area contributed by atoms with E-state index in [-0.39, 0.29) is 50.5 Å². The molecule has 0 radical (unpaired) electrons. The van der Waals surface area contributed by atoms with Crippen molar-refractivity contribution in [3.8, 4) is 11.1 Å². The van der Waals surface area contributed by atoms with Crippen LogP contribution in [0.25, 0.3) is 11.1 Å². The lowest BCUT2D eigenvalue weighted by molar-refractivity contribution is 0.0924. The molecule has 0 aromatic heterocycles. The normalized spacial score (nSPS) is 22.3. The highest BCUT2D eigenvalue weighted by Gasteiger charge is 2.59. The molecule has 2 aliphatic heterocycles. The van der Waals surface area contributed by atoms with E-state index in [1.54, 1.807) is 5.56 Å². The van der Waals surface area contributed by atoms with Crippen LogP contribution in [0.2, 0.25) is 0 Å². The summed E-state index contributed by atoms with van der Waals surface area (Å²) in [6.07, 6.45) is 7.32. The van der Waals surface area contributed by atoms with Crippen molar-refractivity contribution in [1.82, 2.24) is 0 Å². The summed E-state index contributed by atoms with van der Waals surface area (Å²) in [6, 6.07) is 56.3. The molecule has 3 aliphatic carbocycles. The first-order chi connectivity index (χ1) is 34.8. The van der Waals surface area contributed by atoms with E-state index < -0.39 is 0 Å². The first kappa shape index (κ1) is 49.1. The number of rotatable bonds is 4. The Morgan fingerprint density at radius 1 is 0.446 bits per heavy atom. The quantitative estimate of drug-likeness (QED) is 0.162. The summed E-state index contributed by atoms with van der Waals surface area (Å²) in [5.41, 5.74) is 26.2. The number of hydrogen-bond donors (Lipinski definition) is 0. The van der Waals surface area contributed by atoms with Crippen LogP contribution in [0.3, 0.4) is 0 Å². The Bertz CT molecular complexity index is 3390. The highest BCUT2D eigenvalue weighted by Crippen LogP contribution is 2.67. The predicted molar refractivity (Wildman–Crippen MR) is 319 cm³/mol. The monoisotopic (exact) mass is 973 g/mol. The third kappa shape index (κ3) is 7.31. The molecule has 0 N–H and O–H groups in total. The van der Waals surface area contributed by atoms with Crippen molar-refractivity contribution < 1.29 is 0 Å². The van der Waals surface area contributed by atoms with Crippen LogP contribution < -0.4 is 26.2 Å². The topological polar surface area (TPSA) is 6.48 Å². The number of hydrogen-bond acceptors (Lipinski definition) is 2. The second-order valence-electron chi connectivity index (χ2n) is 28.4. The van der Waals surface area contributed by atoms with Crippen LogP contribution in [-0.4, -0.2) is 6.71 Å². The van der Waals surface area contributed by atoms with Crippen molar-refractivity contribution in [3.63, 3.8) is 0 Å². The number of anilines is 6. The van der Waals surface area contributed by atoms with E-state index in [1.165, 1.54) is 133 Å².